The number of carbonyl (C=O) groups is 1. The molecule has 94 valence electrons. The molecule has 1 fully saturated rings. The zero-order chi connectivity index (χ0) is 12.2. The highest BCUT2D eigenvalue weighted by atomic mass is 16.7. The van der Waals surface area contributed by atoms with Crippen LogP contribution < -0.4 is 5.48 Å². The van der Waals surface area contributed by atoms with Crippen molar-refractivity contribution in [1.82, 2.24) is 10.5 Å². The van der Waals surface area contributed by atoms with E-state index in [2.05, 4.69) is 5.48 Å². The molecule has 0 aromatic rings. The molecule has 1 aliphatic rings. The number of piperidine rings is 1. The van der Waals surface area contributed by atoms with Gasteiger partial charge in [-0.1, -0.05) is 0 Å². The first-order valence-corrected chi connectivity index (χ1v) is 5.69. The van der Waals surface area contributed by atoms with Gasteiger partial charge in [0.25, 0.3) is 0 Å². The molecule has 1 N–H and O–H groups in total. The van der Waals surface area contributed by atoms with Crippen molar-refractivity contribution >= 4 is 5.97 Å². The molecular formula is C11H22N2O3. The summed E-state index contributed by atoms with van der Waals surface area (Å²) in [4.78, 5) is 21.8. The maximum atomic E-state index is 11.6. The van der Waals surface area contributed by atoms with Crippen LogP contribution in [0, 0.1) is 5.41 Å². The summed E-state index contributed by atoms with van der Waals surface area (Å²) < 4.78 is 0. The molecule has 0 aliphatic carbocycles. The van der Waals surface area contributed by atoms with Crippen molar-refractivity contribution in [1.29, 1.82) is 0 Å². The topological polar surface area (TPSA) is 50.8 Å². The van der Waals surface area contributed by atoms with Gasteiger partial charge in [-0.15, -0.1) is 5.06 Å². The minimum Gasteiger partial charge on any atom is -0.367 e. The van der Waals surface area contributed by atoms with Gasteiger partial charge in [0, 0.05) is 19.1 Å². The second-order valence-electron chi connectivity index (χ2n) is 5.15. The smallest absolute Gasteiger partial charge is 0.330 e. The van der Waals surface area contributed by atoms with E-state index >= 15 is 0 Å². The summed E-state index contributed by atoms with van der Waals surface area (Å²) in [6.07, 6.45) is 1.84. The van der Waals surface area contributed by atoms with Gasteiger partial charge in [-0.3, -0.25) is 0 Å². The predicted octanol–water partition coefficient (Wildman–Crippen LogP) is 1.11. The van der Waals surface area contributed by atoms with Crippen LogP contribution >= 0.6 is 0 Å². The van der Waals surface area contributed by atoms with Crippen LogP contribution in [0.1, 0.15) is 33.6 Å². The molecule has 0 aromatic heterocycles. The summed E-state index contributed by atoms with van der Waals surface area (Å²) in [6.45, 7) is 7.07. The van der Waals surface area contributed by atoms with Gasteiger partial charge in [-0.25, -0.2) is 4.79 Å². The fraction of sp³-hybridized carbons (Fsp3) is 0.909. The standard InChI is InChI=1S/C11H22N2O3/c1-11(2,3)10(14)16-13-7-5-9(6-8-13)12-15-4/h9,12H,5-8H2,1-4H3. The van der Waals surface area contributed by atoms with Gasteiger partial charge in [0.05, 0.1) is 12.5 Å². The van der Waals surface area contributed by atoms with Gasteiger partial charge >= 0.3 is 5.97 Å². The summed E-state index contributed by atoms with van der Waals surface area (Å²) in [5.74, 6) is -0.175. The van der Waals surface area contributed by atoms with Crippen molar-refractivity contribution in [2.45, 2.75) is 39.7 Å². The maximum absolute atomic E-state index is 11.6. The predicted molar refractivity (Wildman–Crippen MR) is 60.3 cm³/mol. The number of nitrogens with zero attached hydrogens (tertiary/aromatic N) is 1. The lowest BCUT2D eigenvalue weighted by Crippen LogP contribution is -2.44. The van der Waals surface area contributed by atoms with Crippen LogP contribution in [0.2, 0.25) is 0 Å². The zero-order valence-corrected chi connectivity index (χ0v) is 10.6. The van der Waals surface area contributed by atoms with E-state index in [0.29, 0.717) is 6.04 Å². The highest BCUT2D eigenvalue weighted by Gasteiger charge is 2.28. The number of nitrogens with one attached hydrogen (secondary N) is 1. The van der Waals surface area contributed by atoms with E-state index in [1.165, 1.54) is 0 Å². The lowest BCUT2D eigenvalue weighted by atomic mass is 9.98. The van der Waals surface area contributed by atoms with Crippen LogP contribution in [0.4, 0.5) is 0 Å². The SMILES string of the molecule is CONC1CCN(OC(=O)C(C)(C)C)CC1. The molecular weight excluding hydrogens is 208 g/mol. The Balaban J connectivity index is 2.30. The van der Waals surface area contributed by atoms with Crippen molar-refractivity contribution < 1.29 is 14.5 Å². The van der Waals surface area contributed by atoms with Crippen LogP contribution in [0.5, 0.6) is 0 Å². The van der Waals surface area contributed by atoms with Gasteiger partial charge in [-0.2, -0.15) is 5.48 Å². The van der Waals surface area contributed by atoms with Crippen LogP contribution in [0.3, 0.4) is 0 Å². The highest BCUT2D eigenvalue weighted by molar-refractivity contribution is 5.75. The second kappa shape index (κ2) is 5.61. The Kier molecular flexibility index (Phi) is 4.70. The molecule has 0 amide bonds. The summed E-state index contributed by atoms with van der Waals surface area (Å²) in [5.41, 5.74) is 2.48. The first kappa shape index (κ1) is 13.4. The maximum Gasteiger partial charge on any atom is 0.330 e. The molecule has 5 nitrogen and oxygen atoms in total. The van der Waals surface area contributed by atoms with Crippen LogP contribution in [0.15, 0.2) is 0 Å². The fourth-order valence-corrected chi connectivity index (χ4v) is 1.49. The van der Waals surface area contributed by atoms with Gasteiger partial charge in [-0.05, 0) is 33.6 Å². The zero-order valence-electron chi connectivity index (χ0n) is 10.6. The molecule has 5 heteroatoms. The Hall–Kier alpha value is -0.650. The van der Waals surface area contributed by atoms with Crippen molar-refractivity contribution in [2.24, 2.45) is 5.41 Å². The molecule has 0 aromatic carbocycles. The minimum absolute atomic E-state index is 0.175. The van der Waals surface area contributed by atoms with Crippen LogP contribution in [-0.4, -0.2) is 37.3 Å². The lowest BCUT2D eigenvalue weighted by Gasteiger charge is -2.31. The molecule has 1 aliphatic heterocycles. The van der Waals surface area contributed by atoms with Gasteiger partial charge in [0.15, 0.2) is 0 Å². The highest BCUT2D eigenvalue weighted by Crippen LogP contribution is 2.18. The van der Waals surface area contributed by atoms with Crippen molar-refractivity contribution in [3.8, 4) is 0 Å². The second-order valence-corrected chi connectivity index (χ2v) is 5.15. The van der Waals surface area contributed by atoms with Gasteiger partial charge in [0.1, 0.15) is 0 Å². The largest absolute Gasteiger partial charge is 0.367 e. The summed E-state index contributed by atoms with van der Waals surface area (Å²) in [7, 11) is 1.62. The first-order chi connectivity index (χ1) is 7.43. The first-order valence-electron chi connectivity index (χ1n) is 5.69. The number of carbonyl (C=O) groups excluding carboxylic acids is 1. The number of hydrogen-bond donors (Lipinski definition) is 1. The lowest BCUT2D eigenvalue weighted by molar-refractivity contribution is -0.206. The Morgan fingerprint density at radius 1 is 1.31 bits per heavy atom. The molecule has 0 spiro atoms. The van der Waals surface area contributed by atoms with E-state index in [9.17, 15) is 4.79 Å². The fourth-order valence-electron chi connectivity index (χ4n) is 1.49. The van der Waals surface area contributed by atoms with Crippen molar-refractivity contribution in [3.63, 3.8) is 0 Å². The third-order valence-corrected chi connectivity index (χ3v) is 2.56. The third kappa shape index (κ3) is 4.08. The molecule has 0 saturated carbocycles. The summed E-state index contributed by atoms with van der Waals surface area (Å²) in [6, 6.07) is 0.356. The number of hydroxylamine groups is 3. The molecule has 0 atom stereocenters. The molecule has 1 saturated heterocycles. The van der Waals surface area contributed by atoms with E-state index in [0.717, 1.165) is 25.9 Å². The normalized spacial score (nSPS) is 19.8. The quantitative estimate of drug-likeness (QED) is 0.736. The number of rotatable bonds is 3. The summed E-state index contributed by atoms with van der Waals surface area (Å²) in [5, 5.41) is 1.74. The van der Waals surface area contributed by atoms with Gasteiger partial charge < -0.3 is 9.68 Å². The molecule has 0 bridgehead atoms. The van der Waals surface area contributed by atoms with Crippen molar-refractivity contribution in [2.75, 3.05) is 20.2 Å². The average Bonchev–Trinajstić information content (AvgIpc) is 2.20. The van der Waals surface area contributed by atoms with E-state index in [4.69, 9.17) is 9.68 Å². The minimum atomic E-state index is -0.443. The van der Waals surface area contributed by atoms with E-state index in [-0.39, 0.29) is 5.97 Å². The third-order valence-electron chi connectivity index (χ3n) is 2.56. The monoisotopic (exact) mass is 230 g/mol. The Morgan fingerprint density at radius 3 is 2.31 bits per heavy atom. The van der Waals surface area contributed by atoms with E-state index in [1.807, 2.05) is 20.8 Å². The molecule has 16 heavy (non-hydrogen) atoms. The van der Waals surface area contributed by atoms with Gasteiger partial charge in [0.2, 0.25) is 0 Å². The van der Waals surface area contributed by atoms with E-state index in [1.54, 1.807) is 12.2 Å². The Morgan fingerprint density at radius 2 is 1.88 bits per heavy atom. The molecule has 0 unspecified atom stereocenters. The van der Waals surface area contributed by atoms with Crippen LogP contribution in [-0.2, 0) is 14.5 Å². The molecule has 1 rings (SSSR count). The number of hydrogen-bond acceptors (Lipinski definition) is 5. The van der Waals surface area contributed by atoms with E-state index < -0.39 is 5.41 Å². The van der Waals surface area contributed by atoms with Crippen molar-refractivity contribution in [3.05, 3.63) is 0 Å². The van der Waals surface area contributed by atoms with Crippen LogP contribution in [0.25, 0.3) is 0 Å². The molecule has 0 radical (unpaired) electrons. The Labute approximate surface area is 97.0 Å². The average molecular weight is 230 g/mol. The summed E-state index contributed by atoms with van der Waals surface area (Å²) >= 11 is 0. The molecule has 1 heterocycles. The Bertz CT molecular complexity index is 230.